The van der Waals surface area contributed by atoms with E-state index in [1.165, 1.54) is 0 Å². The van der Waals surface area contributed by atoms with Crippen LogP contribution in [0, 0.1) is 0 Å². The van der Waals surface area contributed by atoms with Crippen LogP contribution in [0.15, 0.2) is 60.0 Å². The normalized spacial score (nSPS) is 15.7. The van der Waals surface area contributed by atoms with Gasteiger partial charge in [-0.15, -0.1) is 11.3 Å². The molecule has 0 saturated heterocycles. The zero-order valence-corrected chi connectivity index (χ0v) is 16.7. The molecule has 0 saturated carbocycles. The van der Waals surface area contributed by atoms with Gasteiger partial charge >= 0.3 is 0 Å². The Labute approximate surface area is 168 Å². The number of anilines is 1. The van der Waals surface area contributed by atoms with Gasteiger partial charge in [-0.25, -0.2) is 0 Å². The maximum Gasteiger partial charge on any atom is 0.255 e. The van der Waals surface area contributed by atoms with Gasteiger partial charge in [0.1, 0.15) is 12.8 Å². The number of nitrogens with zero attached hydrogens (tertiary/aromatic N) is 1. The average Bonchev–Trinajstić information content (AvgIpc) is 3.24. The van der Waals surface area contributed by atoms with Gasteiger partial charge in [-0.1, -0.05) is 24.3 Å². The van der Waals surface area contributed by atoms with Crippen LogP contribution < -0.4 is 19.7 Å². The Morgan fingerprint density at radius 1 is 1.07 bits per heavy atom. The quantitative estimate of drug-likeness (QED) is 0.664. The molecule has 1 atom stereocenters. The maximum absolute atomic E-state index is 12.5. The van der Waals surface area contributed by atoms with Gasteiger partial charge in [-0.05, 0) is 48.2 Å². The third kappa shape index (κ3) is 3.55. The molecule has 4 rings (SSSR count). The Hall–Kier alpha value is -2.99. The van der Waals surface area contributed by atoms with E-state index in [1.54, 1.807) is 11.3 Å². The van der Waals surface area contributed by atoms with Crippen LogP contribution in [-0.2, 0) is 6.61 Å². The molecule has 0 fully saturated rings. The van der Waals surface area contributed by atoms with E-state index in [9.17, 15) is 4.79 Å². The van der Waals surface area contributed by atoms with E-state index in [4.69, 9.17) is 9.47 Å². The van der Waals surface area contributed by atoms with Gasteiger partial charge < -0.3 is 19.7 Å². The molecule has 1 unspecified atom stereocenters. The number of para-hydroxylation sites is 1. The summed E-state index contributed by atoms with van der Waals surface area (Å²) in [4.78, 5) is 15.8. The third-order valence-corrected chi connectivity index (χ3v) is 5.57. The standard InChI is InChI=1S/C22H22N2O3S/c1-3-26-20-13-15(10-11-19(20)27-14-16-7-6-12-28-16)21-23-22(25)17-8-4-5-9-18(17)24(21)2/h4-13,21H,3,14H2,1-2H3,(H,23,25). The molecule has 5 nitrogen and oxygen atoms in total. The number of amides is 1. The molecule has 2 heterocycles. The predicted octanol–water partition coefficient (Wildman–Crippen LogP) is 4.60. The summed E-state index contributed by atoms with van der Waals surface area (Å²) in [5.74, 6) is 1.30. The highest BCUT2D eigenvalue weighted by atomic mass is 32.1. The second-order valence-electron chi connectivity index (χ2n) is 6.51. The van der Waals surface area contributed by atoms with Crippen LogP contribution in [0.5, 0.6) is 11.5 Å². The van der Waals surface area contributed by atoms with Crippen molar-refractivity contribution in [2.45, 2.75) is 19.7 Å². The molecule has 2 aromatic carbocycles. The van der Waals surface area contributed by atoms with E-state index in [2.05, 4.69) is 10.2 Å². The van der Waals surface area contributed by atoms with Crippen molar-refractivity contribution in [3.8, 4) is 11.5 Å². The number of nitrogens with one attached hydrogen (secondary N) is 1. The van der Waals surface area contributed by atoms with Crippen LogP contribution in [-0.4, -0.2) is 19.6 Å². The fourth-order valence-electron chi connectivity index (χ4n) is 3.34. The van der Waals surface area contributed by atoms with Crippen molar-refractivity contribution in [1.29, 1.82) is 0 Å². The fourth-order valence-corrected chi connectivity index (χ4v) is 3.96. The lowest BCUT2D eigenvalue weighted by Crippen LogP contribution is -2.44. The Balaban J connectivity index is 1.61. The zero-order valence-electron chi connectivity index (χ0n) is 15.8. The van der Waals surface area contributed by atoms with Crippen molar-refractivity contribution < 1.29 is 14.3 Å². The number of ether oxygens (including phenoxy) is 2. The molecule has 144 valence electrons. The van der Waals surface area contributed by atoms with Crippen LogP contribution in [0.25, 0.3) is 0 Å². The van der Waals surface area contributed by atoms with Crippen LogP contribution >= 0.6 is 11.3 Å². The minimum Gasteiger partial charge on any atom is -0.490 e. The minimum atomic E-state index is -0.270. The van der Waals surface area contributed by atoms with Crippen LogP contribution in [0.3, 0.4) is 0 Å². The molecule has 0 aliphatic carbocycles. The lowest BCUT2D eigenvalue weighted by molar-refractivity contribution is 0.0928. The first-order valence-corrected chi connectivity index (χ1v) is 10.1. The first kappa shape index (κ1) is 18.4. The zero-order chi connectivity index (χ0) is 19.5. The minimum absolute atomic E-state index is 0.0744. The van der Waals surface area contributed by atoms with Crippen molar-refractivity contribution in [3.63, 3.8) is 0 Å². The number of hydrogen-bond acceptors (Lipinski definition) is 5. The van der Waals surface area contributed by atoms with Crippen LogP contribution in [0.1, 0.15) is 33.9 Å². The van der Waals surface area contributed by atoms with E-state index in [-0.39, 0.29) is 12.1 Å². The predicted molar refractivity (Wildman–Crippen MR) is 111 cm³/mol. The number of carbonyl (C=O) groups is 1. The van der Waals surface area contributed by atoms with Crippen molar-refractivity contribution in [1.82, 2.24) is 5.32 Å². The van der Waals surface area contributed by atoms with E-state index in [0.717, 1.165) is 16.1 Å². The Morgan fingerprint density at radius 3 is 2.71 bits per heavy atom. The van der Waals surface area contributed by atoms with E-state index in [0.29, 0.717) is 30.3 Å². The molecule has 1 amide bonds. The van der Waals surface area contributed by atoms with Gasteiger partial charge in [0, 0.05) is 11.9 Å². The molecule has 1 aromatic heterocycles. The highest BCUT2D eigenvalue weighted by molar-refractivity contribution is 7.09. The molecule has 0 spiro atoms. The maximum atomic E-state index is 12.5. The summed E-state index contributed by atoms with van der Waals surface area (Å²) in [5.41, 5.74) is 2.53. The molecule has 1 aliphatic rings. The number of hydrogen-bond donors (Lipinski definition) is 1. The molecule has 1 N–H and O–H groups in total. The van der Waals surface area contributed by atoms with Crippen LogP contribution in [0.4, 0.5) is 5.69 Å². The Bertz CT molecular complexity index is 972. The number of rotatable bonds is 6. The second kappa shape index (κ2) is 7.94. The van der Waals surface area contributed by atoms with E-state index < -0.39 is 0 Å². The third-order valence-electron chi connectivity index (χ3n) is 4.72. The van der Waals surface area contributed by atoms with Crippen molar-refractivity contribution >= 4 is 22.9 Å². The smallest absolute Gasteiger partial charge is 0.255 e. The van der Waals surface area contributed by atoms with Gasteiger partial charge in [-0.3, -0.25) is 4.79 Å². The fraction of sp³-hybridized carbons (Fsp3) is 0.227. The first-order chi connectivity index (χ1) is 13.7. The number of carbonyl (C=O) groups excluding carboxylic acids is 1. The van der Waals surface area contributed by atoms with Crippen molar-refractivity contribution in [2.75, 3.05) is 18.6 Å². The molecule has 1 aliphatic heterocycles. The summed E-state index contributed by atoms with van der Waals surface area (Å²) in [6.07, 6.45) is -0.270. The molecule has 0 radical (unpaired) electrons. The summed E-state index contributed by atoms with van der Waals surface area (Å²) in [6, 6.07) is 17.5. The van der Waals surface area contributed by atoms with Crippen LogP contribution in [0.2, 0.25) is 0 Å². The number of thiophene rings is 1. The SMILES string of the molecule is CCOc1cc(C2NC(=O)c3ccccc3N2C)ccc1OCc1cccs1. The summed E-state index contributed by atoms with van der Waals surface area (Å²) in [7, 11) is 1.98. The Morgan fingerprint density at radius 2 is 1.93 bits per heavy atom. The van der Waals surface area contributed by atoms with E-state index in [1.807, 2.05) is 73.9 Å². The second-order valence-corrected chi connectivity index (χ2v) is 7.54. The first-order valence-electron chi connectivity index (χ1n) is 9.22. The summed E-state index contributed by atoms with van der Waals surface area (Å²) in [5, 5.41) is 5.11. The highest BCUT2D eigenvalue weighted by Gasteiger charge is 2.29. The Kier molecular flexibility index (Phi) is 5.21. The van der Waals surface area contributed by atoms with Gasteiger partial charge in [0.05, 0.1) is 17.9 Å². The molecule has 28 heavy (non-hydrogen) atoms. The summed E-state index contributed by atoms with van der Waals surface area (Å²) in [6.45, 7) is 2.99. The van der Waals surface area contributed by atoms with Crippen molar-refractivity contribution in [3.05, 3.63) is 76.0 Å². The molecule has 0 bridgehead atoms. The molecular weight excluding hydrogens is 372 g/mol. The van der Waals surface area contributed by atoms with Gasteiger partial charge in [-0.2, -0.15) is 0 Å². The molecule has 6 heteroatoms. The lowest BCUT2D eigenvalue weighted by atomic mass is 10.0. The monoisotopic (exact) mass is 394 g/mol. The summed E-state index contributed by atoms with van der Waals surface area (Å²) >= 11 is 1.66. The average molecular weight is 394 g/mol. The van der Waals surface area contributed by atoms with Gasteiger partial charge in [0.2, 0.25) is 0 Å². The highest BCUT2D eigenvalue weighted by Crippen LogP contribution is 2.36. The van der Waals surface area contributed by atoms with Crippen molar-refractivity contribution in [2.24, 2.45) is 0 Å². The van der Waals surface area contributed by atoms with Gasteiger partial charge in [0.15, 0.2) is 11.5 Å². The number of benzene rings is 2. The lowest BCUT2D eigenvalue weighted by Gasteiger charge is -2.36. The molecular formula is C22H22N2O3S. The van der Waals surface area contributed by atoms with E-state index >= 15 is 0 Å². The van der Waals surface area contributed by atoms with Gasteiger partial charge in [0.25, 0.3) is 5.91 Å². The topological polar surface area (TPSA) is 50.8 Å². The summed E-state index contributed by atoms with van der Waals surface area (Å²) < 4.78 is 11.8. The molecule has 3 aromatic rings. The number of fused-ring (bicyclic) bond motifs is 1. The largest absolute Gasteiger partial charge is 0.490 e.